The standard InChI is InChI=1S/C16H13FN2O5/c1-18-13-7-4-11(8-14(13)19(22)23)16(21)24-9-15(20)10-2-5-12(17)6-3-10/h2-8,18H,9H2,1H3. The average Bonchev–Trinajstić information content (AvgIpc) is 2.59. The van der Waals surface area contributed by atoms with Crippen molar-refractivity contribution >= 4 is 23.1 Å². The molecule has 0 aliphatic carbocycles. The topological polar surface area (TPSA) is 98.5 Å². The van der Waals surface area contributed by atoms with Crippen LogP contribution in [-0.4, -0.2) is 30.3 Å². The molecule has 8 heteroatoms. The Morgan fingerprint density at radius 3 is 2.38 bits per heavy atom. The molecule has 0 atom stereocenters. The molecule has 0 heterocycles. The van der Waals surface area contributed by atoms with Gasteiger partial charge in [0.1, 0.15) is 11.5 Å². The Morgan fingerprint density at radius 1 is 1.17 bits per heavy atom. The molecular formula is C16H13FN2O5. The van der Waals surface area contributed by atoms with Crippen LogP contribution in [0.15, 0.2) is 42.5 Å². The molecule has 24 heavy (non-hydrogen) atoms. The van der Waals surface area contributed by atoms with Crippen LogP contribution in [0.1, 0.15) is 20.7 Å². The van der Waals surface area contributed by atoms with Crippen molar-refractivity contribution in [3.05, 3.63) is 69.5 Å². The van der Waals surface area contributed by atoms with Gasteiger partial charge in [-0.15, -0.1) is 0 Å². The Labute approximate surface area is 136 Å². The molecular weight excluding hydrogens is 319 g/mol. The zero-order valence-corrected chi connectivity index (χ0v) is 12.6. The van der Waals surface area contributed by atoms with E-state index < -0.39 is 29.1 Å². The number of halogens is 1. The summed E-state index contributed by atoms with van der Waals surface area (Å²) in [7, 11) is 1.52. The number of rotatable bonds is 6. The zero-order chi connectivity index (χ0) is 17.7. The maximum absolute atomic E-state index is 12.8. The predicted molar refractivity (Wildman–Crippen MR) is 83.7 cm³/mol. The minimum Gasteiger partial charge on any atom is -0.454 e. The number of hydrogen-bond donors (Lipinski definition) is 1. The van der Waals surface area contributed by atoms with Crippen LogP contribution in [0.4, 0.5) is 15.8 Å². The van der Waals surface area contributed by atoms with Gasteiger partial charge in [0.25, 0.3) is 5.69 Å². The van der Waals surface area contributed by atoms with Gasteiger partial charge in [-0.1, -0.05) is 0 Å². The number of carbonyl (C=O) groups excluding carboxylic acids is 2. The minimum atomic E-state index is -0.865. The lowest BCUT2D eigenvalue weighted by Crippen LogP contribution is -2.14. The first kappa shape index (κ1) is 17.1. The molecule has 2 aromatic rings. The summed E-state index contributed by atoms with van der Waals surface area (Å²) in [5.41, 5.74) is 0.115. The van der Waals surface area contributed by atoms with Crippen molar-refractivity contribution in [3.8, 4) is 0 Å². The van der Waals surface area contributed by atoms with E-state index in [0.29, 0.717) is 0 Å². The smallest absolute Gasteiger partial charge is 0.338 e. The molecule has 2 rings (SSSR count). The molecule has 0 unspecified atom stereocenters. The summed E-state index contributed by atoms with van der Waals surface area (Å²) < 4.78 is 17.7. The fraction of sp³-hybridized carbons (Fsp3) is 0.125. The molecule has 0 aliphatic rings. The van der Waals surface area contributed by atoms with Crippen LogP contribution in [0.5, 0.6) is 0 Å². The first-order valence-corrected chi connectivity index (χ1v) is 6.84. The number of Topliss-reactive ketones (excluding diaryl/α,β-unsaturated/α-hetero) is 1. The molecule has 0 spiro atoms. The molecule has 0 radical (unpaired) electrons. The normalized spacial score (nSPS) is 10.1. The largest absolute Gasteiger partial charge is 0.454 e. The van der Waals surface area contributed by atoms with Gasteiger partial charge in [0, 0.05) is 18.7 Å². The number of nitrogens with one attached hydrogen (secondary N) is 1. The van der Waals surface area contributed by atoms with E-state index in [9.17, 15) is 24.1 Å². The van der Waals surface area contributed by atoms with Crippen LogP contribution in [0.2, 0.25) is 0 Å². The number of ketones is 1. The Balaban J connectivity index is 2.07. The summed E-state index contributed by atoms with van der Waals surface area (Å²) in [4.78, 5) is 34.1. The van der Waals surface area contributed by atoms with Crippen molar-refractivity contribution in [1.29, 1.82) is 0 Å². The van der Waals surface area contributed by atoms with Crippen molar-refractivity contribution in [2.75, 3.05) is 19.0 Å². The van der Waals surface area contributed by atoms with Crippen molar-refractivity contribution < 1.29 is 23.6 Å². The second-order valence-corrected chi connectivity index (χ2v) is 4.75. The van der Waals surface area contributed by atoms with Crippen molar-refractivity contribution in [2.45, 2.75) is 0 Å². The second kappa shape index (κ2) is 7.32. The van der Waals surface area contributed by atoms with Gasteiger partial charge in [0.05, 0.1) is 10.5 Å². The van der Waals surface area contributed by atoms with Crippen LogP contribution in [0.25, 0.3) is 0 Å². The molecule has 1 N–H and O–H groups in total. The SMILES string of the molecule is CNc1ccc(C(=O)OCC(=O)c2ccc(F)cc2)cc1[N+](=O)[O-]. The van der Waals surface area contributed by atoms with Gasteiger partial charge in [-0.2, -0.15) is 0 Å². The Morgan fingerprint density at radius 2 is 1.79 bits per heavy atom. The molecule has 0 bridgehead atoms. The average molecular weight is 332 g/mol. The van der Waals surface area contributed by atoms with E-state index in [1.54, 1.807) is 0 Å². The number of nitro groups is 1. The zero-order valence-electron chi connectivity index (χ0n) is 12.6. The number of anilines is 1. The molecule has 0 saturated heterocycles. The molecule has 0 saturated carbocycles. The van der Waals surface area contributed by atoms with Crippen LogP contribution < -0.4 is 5.32 Å². The van der Waals surface area contributed by atoms with E-state index in [1.807, 2.05) is 0 Å². The summed E-state index contributed by atoms with van der Waals surface area (Å²) >= 11 is 0. The third kappa shape index (κ3) is 3.92. The highest BCUT2D eigenvalue weighted by atomic mass is 19.1. The van der Waals surface area contributed by atoms with Crippen LogP contribution in [0.3, 0.4) is 0 Å². The number of carbonyl (C=O) groups is 2. The van der Waals surface area contributed by atoms with E-state index in [0.717, 1.165) is 18.2 Å². The number of hydrogen-bond acceptors (Lipinski definition) is 6. The summed E-state index contributed by atoms with van der Waals surface area (Å²) in [5.74, 6) is -1.86. The number of ether oxygens (including phenoxy) is 1. The first-order valence-electron chi connectivity index (χ1n) is 6.84. The van der Waals surface area contributed by atoms with E-state index in [4.69, 9.17) is 4.74 Å². The quantitative estimate of drug-likeness (QED) is 0.378. The van der Waals surface area contributed by atoms with E-state index in [-0.39, 0.29) is 22.5 Å². The van der Waals surface area contributed by atoms with Gasteiger partial charge < -0.3 is 10.1 Å². The molecule has 0 aromatic heterocycles. The highest BCUT2D eigenvalue weighted by Crippen LogP contribution is 2.25. The second-order valence-electron chi connectivity index (χ2n) is 4.75. The minimum absolute atomic E-state index is 0.0485. The van der Waals surface area contributed by atoms with E-state index in [2.05, 4.69) is 5.32 Å². The van der Waals surface area contributed by atoms with Gasteiger partial charge in [0.15, 0.2) is 12.4 Å². The Bertz CT molecular complexity index is 790. The van der Waals surface area contributed by atoms with Crippen LogP contribution in [-0.2, 0) is 4.74 Å². The number of nitrogens with zero attached hydrogens (tertiary/aromatic N) is 1. The van der Waals surface area contributed by atoms with Crippen molar-refractivity contribution in [3.63, 3.8) is 0 Å². The number of nitro benzene ring substituents is 1. The fourth-order valence-electron chi connectivity index (χ4n) is 1.95. The summed E-state index contributed by atoms with van der Waals surface area (Å²) in [6, 6.07) is 8.58. The summed E-state index contributed by atoms with van der Waals surface area (Å²) in [5, 5.41) is 13.6. The van der Waals surface area contributed by atoms with E-state index in [1.165, 1.54) is 31.3 Å². The highest BCUT2D eigenvalue weighted by molar-refractivity contribution is 5.99. The third-order valence-electron chi connectivity index (χ3n) is 3.20. The lowest BCUT2D eigenvalue weighted by atomic mass is 10.1. The molecule has 124 valence electrons. The molecule has 0 fully saturated rings. The van der Waals surface area contributed by atoms with Gasteiger partial charge >= 0.3 is 5.97 Å². The summed E-state index contributed by atoms with van der Waals surface area (Å²) in [6.45, 7) is -0.550. The van der Waals surface area contributed by atoms with Gasteiger partial charge in [-0.05, 0) is 36.4 Å². The fourth-order valence-corrected chi connectivity index (χ4v) is 1.95. The highest BCUT2D eigenvalue weighted by Gasteiger charge is 2.18. The number of esters is 1. The maximum atomic E-state index is 12.8. The number of benzene rings is 2. The third-order valence-corrected chi connectivity index (χ3v) is 3.20. The van der Waals surface area contributed by atoms with Gasteiger partial charge in [0.2, 0.25) is 0 Å². The monoisotopic (exact) mass is 332 g/mol. The van der Waals surface area contributed by atoms with E-state index >= 15 is 0 Å². The lowest BCUT2D eigenvalue weighted by molar-refractivity contribution is -0.384. The molecule has 0 aliphatic heterocycles. The van der Waals surface area contributed by atoms with Gasteiger partial charge in [-0.25, -0.2) is 9.18 Å². The van der Waals surface area contributed by atoms with Crippen LogP contribution >= 0.6 is 0 Å². The van der Waals surface area contributed by atoms with Gasteiger partial charge in [-0.3, -0.25) is 14.9 Å². The lowest BCUT2D eigenvalue weighted by Gasteiger charge is -2.06. The summed E-state index contributed by atoms with van der Waals surface area (Å²) in [6.07, 6.45) is 0. The first-order chi connectivity index (χ1) is 11.4. The molecule has 2 aromatic carbocycles. The maximum Gasteiger partial charge on any atom is 0.338 e. The van der Waals surface area contributed by atoms with Crippen molar-refractivity contribution in [1.82, 2.24) is 0 Å². The molecule has 7 nitrogen and oxygen atoms in total. The van der Waals surface area contributed by atoms with Crippen molar-refractivity contribution in [2.24, 2.45) is 0 Å². The van der Waals surface area contributed by atoms with Crippen LogP contribution in [0, 0.1) is 15.9 Å². The predicted octanol–water partition coefficient (Wildman–Crippen LogP) is 2.82. The Kier molecular flexibility index (Phi) is 5.20. The Hall–Kier alpha value is -3.29. The molecule has 0 amide bonds.